The second kappa shape index (κ2) is 13.2. The second-order valence-electron chi connectivity index (χ2n) is 6.19. The second-order valence-corrected chi connectivity index (χ2v) is 6.19. The van der Waals surface area contributed by atoms with Crippen LogP contribution in [-0.4, -0.2) is 74.0 Å². The van der Waals surface area contributed by atoms with Gasteiger partial charge in [0.25, 0.3) is 0 Å². The maximum absolute atomic E-state index is 9.16. The molecule has 0 saturated heterocycles. The summed E-state index contributed by atoms with van der Waals surface area (Å²) < 4.78 is 5.57. The van der Waals surface area contributed by atoms with E-state index < -0.39 is 0 Å². The lowest BCUT2D eigenvalue weighted by atomic mass is 10.1. The van der Waals surface area contributed by atoms with Gasteiger partial charge in [-0.25, -0.2) is 9.97 Å². The van der Waals surface area contributed by atoms with Crippen molar-refractivity contribution in [2.24, 2.45) is 9.98 Å². The number of likely N-dealkylation sites (N-methyl/N-ethyl adjacent to an activating group) is 1. The van der Waals surface area contributed by atoms with Crippen LogP contribution in [0.3, 0.4) is 0 Å². The summed E-state index contributed by atoms with van der Waals surface area (Å²) in [6.45, 7) is 6.40. The van der Waals surface area contributed by atoms with Gasteiger partial charge in [0.05, 0.1) is 37.8 Å². The van der Waals surface area contributed by atoms with Crippen LogP contribution in [0.1, 0.15) is 11.1 Å². The summed E-state index contributed by atoms with van der Waals surface area (Å²) in [6.07, 6.45) is 5.15. The highest BCUT2D eigenvalue weighted by Crippen LogP contribution is 2.20. The number of ether oxygens (including phenoxy) is 1. The van der Waals surface area contributed by atoms with Crippen molar-refractivity contribution in [2.45, 2.75) is 0 Å². The Kier molecular flexibility index (Phi) is 10.1. The first-order valence-electron chi connectivity index (χ1n) is 9.66. The number of aliphatic imine (C=N–C) groups is 2. The molecule has 0 aromatic carbocycles. The van der Waals surface area contributed by atoms with Gasteiger partial charge in [-0.2, -0.15) is 0 Å². The molecule has 0 aliphatic heterocycles. The number of anilines is 2. The summed E-state index contributed by atoms with van der Waals surface area (Å²) in [5.41, 5.74) is 8.51. The van der Waals surface area contributed by atoms with Gasteiger partial charge in [0.15, 0.2) is 0 Å². The van der Waals surface area contributed by atoms with Crippen LogP contribution in [0.25, 0.3) is 5.70 Å². The Hall–Kier alpha value is -3.14. The largest absolute Gasteiger partial charge is 0.395 e. The van der Waals surface area contributed by atoms with Crippen LogP contribution in [-0.2, 0) is 4.74 Å². The van der Waals surface area contributed by atoms with E-state index in [9.17, 15) is 0 Å². The van der Waals surface area contributed by atoms with Gasteiger partial charge in [-0.3, -0.25) is 9.98 Å². The zero-order chi connectivity index (χ0) is 21.6. The van der Waals surface area contributed by atoms with Crippen LogP contribution in [0.15, 0.2) is 52.7 Å². The highest BCUT2D eigenvalue weighted by Gasteiger charge is 2.11. The quantitative estimate of drug-likeness (QED) is 0.288. The summed E-state index contributed by atoms with van der Waals surface area (Å²) in [4.78, 5) is 17.4. The van der Waals surface area contributed by atoms with Crippen LogP contribution in [0, 0.1) is 0 Å². The van der Waals surface area contributed by atoms with E-state index in [4.69, 9.17) is 20.6 Å². The molecule has 0 radical (unpaired) electrons. The molecule has 2 rings (SSSR count). The van der Waals surface area contributed by atoms with Gasteiger partial charge in [-0.05, 0) is 44.1 Å². The first-order chi connectivity index (χ1) is 14.7. The normalized spacial score (nSPS) is 12.1. The lowest BCUT2D eigenvalue weighted by Crippen LogP contribution is -2.16. The molecule has 0 bridgehead atoms. The molecule has 9 heteroatoms. The first kappa shape index (κ1) is 23.1. The number of rotatable bonds is 13. The lowest BCUT2D eigenvalue weighted by molar-refractivity contribution is 0.145. The Balaban J connectivity index is 2.35. The standard InChI is InChI=1S/C21H29N7O2/c1-23-9-12-30-13-10-25-19(17-4-3-7-26-21(17)27-8-11-29)14-18(24-2)16-5-6-20(22)28-15-16/h3-7,14-15,23,29H,2,8-13H2,1H3,(H2,22,28)(H,26,27)/b18-14-,25-19?. The molecule has 0 fully saturated rings. The van der Waals surface area contributed by atoms with Crippen LogP contribution in [0.5, 0.6) is 0 Å². The van der Waals surface area contributed by atoms with Crippen molar-refractivity contribution in [3.05, 3.63) is 53.9 Å². The summed E-state index contributed by atoms with van der Waals surface area (Å²) in [5.74, 6) is 1.05. The zero-order valence-electron chi connectivity index (χ0n) is 17.2. The lowest BCUT2D eigenvalue weighted by Gasteiger charge is -2.12. The summed E-state index contributed by atoms with van der Waals surface area (Å²) in [7, 11) is 1.88. The molecule has 0 aliphatic rings. The van der Waals surface area contributed by atoms with Crippen molar-refractivity contribution in [3.8, 4) is 0 Å². The zero-order valence-corrected chi connectivity index (χ0v) is 17.2. The molecule has 2 aromatic rings. The topological polar surface area (TPSA) is 130 Å². The molecular formula is C21H29N7O2. The minimum Gasteiger partial charge on any atom is -0.395 e. The fourth-order valence-electron chi connectivity index (χ4n) is 2.55. The van der Waals surface area contributed by atoms with E-state index in [1.807, 2.05) is 31.3 Å². The number of pyridine rings is 2. The van der Waals surface area contributed by atoms with Crippen molar-refractivity contribution in [1.29, 1.82) is 0 Å². The molecule has 0 atom stereocenters. The molecule has 0 amide bonds. The van der Waals surface area contributed by atoms with Gasteiger partial charge in [0.2, 0.25) is 0 Å². The Morgan fingerprint density at radius 1 is 1.27 bits per heavy atom. The van der Waals surface area contributed by atoms with Crippen LogP contribution < -0.4 is 16.4 Å². The van der Waals surface area contributed by atoms with Crippen LogP contribution in [0.2, 0.25) is 0 Å². The summed E-state index contributed by atoms with van der Waals surface area (Å²) >= 11 is 0. The monoisotopic (exact) mass is 411 g/mol. The smallest absolute Gasteiger partial charge is 0.135 e. The van der Waals surface area contributed by atoms with E-state index in [0.717, 1.165) is 17.7 Å². The molecule has 0 aliphatic carbocycles. The van der Waals surface area contributed by atoms with E-state index in [1.54, 1.807) is 18.5 Å². The number of aliphatic hydroxyl groups excluding tert-OH is 1. The molecule has 5 N–H and O–H groups in total. The van der Waals surface area contributed by atoms with Crippen molar-refractivity contribution in [1.82, 2.24) is 15.3 Å². The number of hydrogen-bond donors (Lipinski definition) is 4. The van der Waals surface area contributed by atoms with Gasteiger partial charge in [-0.15, -0.1) is 0 Å². The van der Waals surface area contributed by atoms with Crippen LogP contribution in [0.4, 0.5) is 11.6 Å². The van der Waals surface area contributed by atoms with Crippen molar-refractivity contribution in [2.75, 3.05) is 57.6 Å². The van der Waals surface area contributed by atoms with Crippen LogP contribution >= 0.6 is 0 Å². The number of aliphatic hydroxyl groups is 1. The molecular weight excluding hydrogens is 382 g/mol. The van der Waals surface area contributed by atoms with Crippen molar-refractivity contribution >= 4 is 29.8 Å². The van der Waals surface area contributed by atoms with E-state index in [1.165, 1.54) is 0 Å². The molecule has 0 unspecified atom stereocenters. The van der Waals surface area contributed by atoms with Gasteiger partial charge in [0.1, 0.15) is 11.6 Å². The van der Waals surface area contributed by atoms with E-state index in [-0.39, 0.29) is 6.61 Å². The SMILES string of the molecule is C=N/C(=C\C(=NCCOCCNC)c1cccnc1NCCO)c1ccc(N)nc1. The minimum absolute atomic E-state index is 0.00575. The Bertz CT molecular complexity index is 851. The minimum atomic E-state index is -0.00575. The van der Waals surface area contributed by atoms with Gasteiger partial charge in [0, 0.05) is 36.6 Å². The van der Waals surface area contributed by atoms with Gasteiger partial charge >= 0.3 is 0 Å². The average molecular weight is 412 g/mol. The van der Waals surface area contributed by atoms with Crippen molar-refractivity contribution < 1.29 is 9.84 Å². The molecule has 9 nitrogen and oxygen atoms in total. The number of aromatic nitrogens is 2. The number of nitrogens with one attached hydrogen (secondary N) is 2. The van der Waals surface area contributed by atoms with Crippen molar-refractivity contribution in [3.63, 3.8) is 0 Å². The molecule has 160 valence electrons. The van der Waals surface area contributed by atoms with Gasteiger partial charge < -0.3 is 26.2 Å². The number of nitrogens with two attached hydrogens (primary N) is 1. The highest BCUT2D eigenvalue weighted by molar-refractivity contribution is 6.14. The van der Waals surface area contributed by atoms with Gasteiger partial charge in [-0.1, -0.05) is 0 Å². The fraction of sp³-hybridized carbons (Fsp3) is 0.333. The number of allylic oxidation sites excluding steroid dienone is 1. The molecule has 30 heavy (non-hydrogen) atoms. The molecule has 2 heterocycles. The molecule has 2 aromatic heterocycles. The number of nitrogen functional groups attached to an aromatic ring is 1. The summed E-state index contributed by atoms with van der Waals surface area (Å²) in [6, 6.07) is 7.28. The highest BCUT2D eigenvalue weighted by atomic mass is 16.5. The van der Waals surface area contributed by atoms with E-state index >= 15 is 0 Å². The van der Waals surface area contributed by atoms with E-state index in [0.29, 0.717) is 49.3 Å². The maximum atomic E-state index is 9.16. The Labute approximate surface area is 176 Å². The number of nitrogens with zero attached hydrogens (tertiary/aromatic N) is 4. The third-order valence-electron chi connectivity index (χ3n) is 4.03. The number of hydrogen-bond acceptors (Lipinski definition) is 9. The maximum Gasteiger partial charge on any atom is 0.135 e. The third kappa shape index (κ3) is 7.36. The predicted octanol–water partition coefficient (Wildman–Crippen LogP) is 1.23. The van der Waals surface area contributed by atoms with E-state index in [2.05, 4.69) is 32.3 Å². The fourth-order valence-corrected chi connectivity index (χ4v) is 2.55. The average Bonchev–Trinajstić information content (AvgIpc) is 2.78. The third-order valence-corrected chi connectivity index (χ3v) is 4.03. The molecule has 0 saturated carbocycles. The molecule has 0 spiro atoms. The summed E-state index contributed by atoms with van der Waals surface area (Å²) in [5, 5.41) is 15.3. The first-order valence-corrected chi connectivity index (χ1v) is 9.66. The Morgan fingerprint density at radius 2 is 2.13 bits per heavy atom. The Morgan fingerprint density at radius 3 is 2.83 bits per heavy atom. The predicted molar refractivity (Wildman–Crippen MR) is 122 cm³/mol.